The van der Waals surface area contributed by atoms with Gasteiger partial charge >= 0.3 is 0 Å². The third-order valence-electron chi connectivity index (χ3n) is 11.4. The quantitative estimate of drug-likeness (QED) is 0.160. The molecule has 0 spiro atoms. The zero-order valence-electron chi connectivity index (χ0n) is 29.1. The second kappa shape index (κ2) is 11.6. The maximum Gasteiger partial charge on any atom is 0.0448 e. The second-order valence-corrected chi connectivity index (χ2v) is 16.5. The molecule has 2 aromatic heterocycles. The summed E-state index contributed by atoms with van der Waals surface area (Å²) in [7, 11) is 0. The van der Waals surface area contributed by atoms with Crippen LogP contribution in [0.25, 0.3) is 117 Å². The van der Waals surface area contributed by atoms with Crippen LogP contribution >= 0.6 is 22.7 Å². The van der Waals surface area contributed by atoms with Crippen LogP contribution < -0.4 is 0 Å². The average Bonchev–Trinajstić information content (AvgIpc) is 3.81. The van der Waals surface area contributed by atoms with Crippen molar-refractivity contribution in [1.82, 2.24) is 0 Å². The van der Waals surface area contributed by atoms with E-state index < -0.39 is 0 Å². The van der Waals surface area contributed by atoms with Crippen molar-refractivity contribution in [2.24, 2.45) is 0 Å². The molecule has 2 heteroatoms. The van der Waals surface area contributed by atoms with Gasteiger partial charge in [0.1, 0.15) is 0 Å². The first-order valence-corrected chi connectivity index (χ1v) is 20.1. The van der Waals surface area contributed by atoms with Gasteiger partial charge in [0, 0.05) is 40.3 Å². The van der Waals surface area contributed by atoms with E-state index in [1.807, 2.05) is 22.7 Å². The summed E-state index contributed by atoms with van der Waals surface area (Å²) in [5, 5.41) is 15.7. The van der Waals surface area contributed by atoms with Crippen LogP contribution in [0, 0.1) is 0 Å². The number of fused-ring (bicyclic) bond motifs is 12. The van der Waals surface area contributed by atoms with Gasteiger partial charge in [0.15, 0.2) is 0 Å². The molecule has 0 saturated heterocycles. The van der Waals surface area contributed by atoms with E-state index in [1.165, 1.54) is 117 Å². The largest absolute Gasteiger partial charge is 0.135 e. The predicted octanol–water partition coefficient (Wildman–Crippen LogP) is 16.0. The lowest BCUT2D eigenvalue weighted by Crippen LogP contribution is -1.91. The molecule has 0 saturated carbocycles. The predicted molar refractivity (Wildman–Crippen MR) is 239 cm³/mol. The summed E-state index contributed by atoms with van der Waals surface area (Å²) < 4.78 is 5.47. The van der Waals surface area contributed by atoms with Crippen molar-refractivity contribution in [3.63, 3.8) is 0 Å². The fraction of sp³-hybridized carbons (Fsp3) is 0. The Morgan fingerprint density at radius 2 is 0.778 bits per heavy atom. The van der Waals surface area contributed by atoms with Crippen LogP contribution in [0.3, 0.4) is 0 Å². The summed E-state index contributed by atoms with van der Waals surface area (Å²) in [6, 6.07) is 67.7. The van der Waals surface area contributed by atoms with Crippen molar-refractivity contribution in [2.75, 3.05) is 0 Å². The van der Waals surface area contributed by atoms with Crippen molar-refractivity contribution in [2.45, 2.75) is 0 Å². The number of rotatable bonds is 3. The molecular formula is C52H30S2. The minimum atomic E-state index is 1.23. The molecule has 0 aliphatic rings. The molecule has 250 valence electrons. The van der Waals surface area contributed by atoms with Crippen molar-refractivity contribution in [3.05, 3.63) is 182 Å². The monoisotopic (exact) mass is 718 g/mol. The van der Waals surface area contributed by atoms with Gasteiger partial charge in [0.05, 0.1) is 0 Å². The Hall–Kier alpha value is -6.32. The van der Waals surface area contributed by atoms with Gasteiger partial charge in [0.2, 0.25) is 0 Å². The Morgan fingerprint density at radius 1 is 0.259 bits per heavy atom. The van der Waals surface area contributed by atoms with Gasteiger partial charge in [0.25, 0.3) is 0 Å². The lowest BCUT2D eigenvalue weighted by atomic mass is 9.85. The van der Waals surface area contributed by atoms with Gasteiger partial charge in [-0.05, 0) is 94.7 Å². The third-order valence-corrected chi connectivity index (χ3v) is 13.8. The lowest BCUT2D eigenvalue weighted by Gasteiger charge is -2.18. The van der Waals surface area contributed by atoms with E-state index in [0.29, 0.717) is 0 Å². The Labute approximate surface area is 319 Å². The summed E-state index contributed by atoms with van der Waals surface area (Å²) >= 11 is 3.86. The molecule has 54 heavy (non-hydrogen) atoms. The molecule has 0 aliphatic carbocycles. The van der Waals surface area contributed by atoms with Gasteiger partial charge < -0.3 is 0 Å². The summed E-state index contributed by atoms with van der Waals surface area (Å²) in [5.74, 6) is 0. The third kappa shape index (κ3) is 4.42. The highest BCUT2D eigenvalue weighted by molar-refractivity contribution is 7.30. The van der Waals surface area contributed by atoms with Crippen LogP contribution in [0.5, 0.6) is 0 Å². The van der Waals surface area contributed by atoms with E-state index in [-0.39, 0.29) is 0 Å². The topological polar surface area (TPSA) is 0 Å². The SMILES string of the molecule is c1ccc2cc(-c3c4ccccc4c(-c4ccc(-c5ccc6c(c5)sc5ccc7c8ccc9ccccc9c8sc7c56)cc4)c4ccccc34)ccc2c1. The standard InChI is InChI=1S/C52H30S2/c1-2-11-35-29-37(22-19-31(35)9-1)49-41-15-7-5-13-39(41)48(40-14-6-8-16-42(40)49)34-20-17-32(18-21-34)36-24-26-45-47(30-36)53-46-28-27-44-43-25-23-33-10-3-4-12-38(33)51(43)54-52(44)50(45)46/h1-30H. The Balaban J connectivity index is 0.983. The first-order chi connectivity index (χ1) is 26.8. The van der Waals surface area contributed by atoms with Crippen LogP contribution in [0.2, 0.25) is 0 Å². The average molecular weight is 719 g/mol. The number of thiophene rings is 2. The number of hydrogen-bond acceptors (Lipinski definition) is 2. The number of hydrogen-bond donors (Lipinski definition) is 0. The molecule has 0 bridgehead atoms. The molecule has 0 amide bonds. The molecule has 10 aromatic carbocycles. The highest BCUT2D eigenvalue weighted by Gasteiger charge is 2.18. The zero-order chi connectivity index (χ0) is 35.3. The van der Waals surface area contributed by atoms with E-state index in [1.54, 1.807) is 0 Å². The van der Waals surface area contributed by atoms with E-state index in [4.69, 9.17) is 0 Å². The minimum Gasteiger partial charge on any atom is -0.135 e. The highest BCUT2D eigenvalue weighted by Crippen LogP contribution is 2.48. The van der Waals surface area contributed by atoms with Crippen LogP contribution in [-0.4, -0.2) is 0 Å². The summed E-state index contributed by atoms with van der Waals surface area (Å²) in [4.78, 5) is 0. The second-order valence-electron chi connectivity index (χ2n) is 14.4. The molecule has 0 N–H and O–H groups in total. The van der Waals surface area contributed by atoms with Gasteiger partial charge in [-0.25, -0.2) is 0 Å². The summed E-state index contributed by atoms with van der Waals surface area (Å²) in [6.45, 7) is 0. The van der Waals surface area contributed by atoms with Gasteiger partial charge in [-0.3, -0.25) is 0 Å². The maximum atomic E-state index is 2.40. The fourth-order valence-corrected chi connectivity index (χ4v) is 11.5. The molecule has 0 atom stereocenters. The molecule has 0 radical (unpaired) electrons. The highest BCUT2D eigenvalue weighted by atomic mass is 32.1. The Bertz CT molecular complexity index is 3430. The molecule has 0 aliphatic heterocycles. The van der Waals surface area contributed by atoms with Crippen LogP contribution in [-0.2, 0) is 0 Å². The smallest absolute Gasteiger partial charge is 0.0448 e. The number of benzene rings is 10. The molecule has 0 nitrogen and oxygen atoms in total. The Morgan fingerprint density at radius 3 is 1.52 bits per heavy atom. The zero-order valence-corrected chi connectivity index (χ0v) is 30.8. The van der Waals surface area contributed by atoms with Crippen molar-refractivity contribution in [1.29, 1.82) is 0 Å². The van der Waals surface area contributed by atoms with Gasteiger partial charge in [-0.2, -0.15) is 0 Å². The van der Waals surface area contributed by atoms with Crippen LogP contribution in [0.4, 0.5) is 0 Å². The summed E-state index contributed by atoms with van der Waals surface area (Å²) in [6.07, 6.45) is 0. The van der Waals surface area contributed by atoms with Crippen molar-refractivity contribution < 1.29 is 0 Å². The van der Waals surface area contributed by atoms with E-state index in [2.05, 4.69) is 182 Å². The van der Waals surface area contributed by atoms with E-state index in [0.717, 1.165) is 0 Å². The molecule has 12 aromatic rings. The van der Waals surface area contributed by atoms with Gasteiger partial charge in [-0.15, -0.1) is 22.7 Å². The van der Waals surface area contributed by atoms with Crippen molar-refractivity contribution in [3.8, 4) is 33.4 Å². The normalized spacial score (nSPS) is 12.1. The van der Waals surface area contributed by atoms with E-state index >= 15 is 0 Å². The van der Waals surface area contributed by atoms with Crippen molar-refractivity contribution >= 4 is 106 Å². The van der Waals surface area contributed by atoms with Crippen LogP contribution in [0.1, 0.15) is 0 Å². The van der Waals surface area contributed by atoms with E-state index in [9.17, 15) is 0 Å². The van der Waals surface area contributed by atoms with Crippen LogP contribution in [0.15, 0.2) is 182 Å². The molecule has 0 unspecified atom stereocenters. The minimum absolute atomic E-state index is 1.23. The lowest BCUT2D eigenvalue weighted by molar-refractivity contribution is 1.63. The first-order valence-electron chi connectivity index (χ1n) is 18.5. The van der Waals surface area contributed by atoms with Gasteiger partial charge in [-0.1, -0.05) is 164 Å². The molecule has 12 rings (SSSR count). The molecular weight excluding hydrogens is 689 g/mol. The fourth-order valence-electron chi connectivity index (χ4n) is 8.93. The maximum absolute atomic E-state index is 2.40. The molecule has 0 fully saturated rings. The first kappa shape index (κ1) is 30.2. The summed E-state index contributed by atoms with van der Waals surface area (Å²) in [5.41, 5.74) is 7.56. The molecule has 2 heterocycles. The Kier molecular flexibility index (Phi) is 6.48.